The van der Waals surface area contributed by atoms with Crippen LogP contribution in [0.5, 0.6) is 0 Å². The first kappa shape index (κ1) is 14.3. The number of carbonyl (C=O) groups is 2. The molecule has 6 nitrogen and oxygen atoms in total. The third-order valence-corrected chi connectivity index (χ3v) is 4.44. The van der Waals surface area contributed by atoms with Gasteiger partial charge >= 0.3 is 5.97 Å². The number of hydrogen-bond acceptors (Lipinski definition) is 4. The van der Waals surface area contributed by atoms with Crippen molar-refractivity contribution in [3.05, 3.63) is 0 Å². The molecule has 2 aliphatic rings. The van der Waals surface area contributed by atoms with Crippen molar-refractivity contribution in [2.24, 2.45) is 11.8 Å². The molecule has 2 aliphatic heterocycles. The number of nitrogens with zero attached hydrogens (tertiary/aromatic N) is 2. The number of amides is 1. The number of piperazine rings is 1. The molecule has 2 unspecified atom stereocenters. The Bertz CT molecular complexity index is 349. The Kier molecular flexibility index (Phi) is 4.42. The summed E-state index contributed by atoms with van der Waals surface area (Å²) in [5.41, 5.74) is 0. The fourth-order valence-electron chi connectivity index (χ4n) is 2.64. The number of carboxylic acids is 1. The highest BCUT2D eigenvalue weighted by molar-refractivity contribution is 5.79. The first-order chi connectivity index (χ1) is 9.00. The summed E-state index contributed by atoms with van der Waals surface area (Å²) in [5, 5.41) is 12.2. The summed E-state index contributed by atoms with van der Waals surface area (Å²) in [7, 11) is 0. The van der Waals surface area contributed by atoms with E-state index in [1.807, 2.05) is 16.7 Å². The molecule has 0 aliphatic carbocycles. The van der Waals surface area contributed by atoms with Crippen molar-refractivity contribution in [1.29, 1.82) is 0 Å². The maximum absolute atomic E-state index is 12.3. The Morgan fingerprint density at radius 2 is 1.74 bits per heavy atom. The second-order valence-corrected chi connectivity index (χ2v) is 5.58. The van der Waals surface area contributed by atoms with Crippen LogP contribution in [0.1, 0.15) is 13.8 Å². The quantitative estimate of drug-likeness (QED) is 0.717. The van der Waals surface area contributed by atoms with Gasteiger partial charge in [-0.15, -0.1) is 0 Å². The lowest BCUT2D eigenvalue weighted by molar-refractivity contribution is -0.145. The molecule has 0 aromatic carbocycles. The zero-order valence-corrected chi connectivity index (χ0v) is 11.6. The smallest absolute Gasteiger partial charge is 0.320 e. The van der Waals surface area contributed by atoms with Crippen molar-refractivity contribution in [3.8, 4) is 0 Å². The molecule has 108 valence electrons. The summed E-state index contributed by atoms with van der Waals surface area (Å²) < 4.78 is 0. The number of carboxylic acid groups (broad SMARTS) is 1. The van der Waals surface area contributed by atoms with Gasteiger partial charge < -0.3 is 15.3 Å². The van der Waals surface area contributed by atoms with Crippen molar-refractivity contribution in [3.63, 3.8) is 0 Å². The SMILES string of the molecule is CC(C(=O)N1CCN(C(C)C(=O)O)CC1)C1CNC1. The van der Waals surface area contributed by atoms with Crippen LogP contribution in [-0.2, 0) is 9.59 Å². The van der Waals surface area contributed by atoms with Gasteiger partial charge in [0.15, 0.2) is 0 Å². The maximum atomic E-state index is 12.3. The van der Waals surface area contributed by atoms with E-state index in [1.54, 1.807) is 6.92 Å². The van der Waals surface area contributed by atoms with Crippen LogP contribution in [0.15, 0.2) is 0 Å². The predicted molar refractivity (Wildman–Crippen MR) is 70.8 cm³/mol. The molecule has 2 rings (SSSR count). The Balaban J connectivity index is 1.82. The molecule has 2 atom stereocenters. The molecule has 0 bridgehead atoms. The largest absolute Gasteiger partial charge is 0.480 e. The fourth-order valence-corrected chi connectivity index (χ4v) is 2.64. The van der Waals surface area contributed by atoms with Gasteiger partial charge in [-0.3, -0.25) is 14.5 Å². The van der Waals surface area contributed by atoms with Crippen molar-refractivity contribution in [1.82, 2.24) is 15.1 Å². The summed E-state index contributed by atoms with van der Waals surface area (Å²) in [5.74, 6) is -0.0454. The van der Waals surface area contributed by atoms with E-state index in [9.17, 15) is 9.59 Å². The molecule has 2 N–H and O–H groups in total. The van der Waals surface area contributed by atoms with Crippen LogP contribution in [0.3, 0.4) is 0 Å². The highest BCUT2D eigenvalue weighted by Gasteiger charge is 2.34. The van der Waals surface area contributed by atoms with Gasteiger partial charge in [0.25, 0.3) is 0 Å². The Labute approximate surface area is 113 Å². The number of carbonyl (C=O) groups excluding carboxylic acids is 1. The van der Waals surface area contributed by atoms with Crippen molar-refractivity contribution < 1.29 is 14.7 Å². The molecule has 6 heteroatoms. The highest BCUT2D eigenvalue weighted by atomic mass is 16.4. The van der Waals surface area contributed by atoms with Gasteiger partial charge in [0.05, 0.1) is 0 Å². The molecule has 0 saturated carbocycles. The monoisotopic (exact) mass is 269 g/mol. The van der Waals surface area contributed by atoms with Crippen molar-refractivity contribution in [2.45, 2.75) is 19.9 Å². The van der Waals surface area contributed by atoms with Crippen LogP contribution in [0.2, 0.25) is 0 Å². The first-order valence-corrected chi connectivity index (χ1v) is 6.97. The molecule has 1 amide bonds. The highest BCUT2D eigenvalue weighted by Crippen LogP contribution is 2.19. The van der Waals surface area contributed by atoms with E-state index in [0.29, 0.717) is 32.1 Å². The standard InChI is InChI=1S/C13H23N3O3/c1-9(11-7-14-8-11)12(17)16-5-3-15(4-6-16)10(2)13(18)19/h9-11,14H,3-8H2,1-2H3,(H,18,19). The zero-order chi connectivity index (χ0) is 14.0. The zero-order valence-electron chi connectivity index (χ0n) is 11.6. The topological polar surface area (TPSA) is 72.9 Å². The van der Waals surface area contributed by atoms with Gasteiger partial charge in [0.1, 0.15) is 6.04 Å². The molecule has 0 aromatic heterocycles. The Morgan fingerprint density at radius 1 is 1.16 bits per heavy atom. The Hall–Kier alpha value is -1.14. The average Bonchev–Trinajstić information content (AvgIpc) is 2.35. The number of aliphatic carboxylic acids is 1. The lowest BCUT2D eigenvalue weighted by atomic mass is 9.88. The van der Waals surface area contributed by atoms with E-state index in [2.05, 4.69) is 5.32 Å². The lowest BCUT2D eigenvalue weighted by Gasteiger charge is -2.40. The third-order valence-electron chi connectivity index (χ3n) is 4.44. The van der Waals surface area contributed by atoms with Crippen molar-refractivity contribution >= 4 is 11.9 Å². The van der Waals surface area contributed by atoms with Gasteiger partial charge in [-0.05, 0) is 25.9 Å². The van der Waals surface area contributed by atoms with Gasteiger partial charge in [0, 0.05) is 32.1 Å². The van der Waals surface area contributed by atoms with Crippen LogP contribution in [0.25, 0.3) is 0 Å². The number of hydrogen-bond donors (Lipinski definition) is 2. The minimum atomic E-state index is -0.798. The van der Waals surface area contributed by atoms with Crippen molar-refractivity contribution in [2.75, 3.05) is 39.3 Å². The van der Waals surface area contributed by atoms with Gasteiger partial charge in [0.2, 0.25) is 5.91 Å². The maximum Gasteiger partial charge on any atom is 0.320 e. The molecule has 2 fully saturated rings. The molecule has 2 saturated heterocycles. The fraction of sp³-hybridized carbons (Fsp3) is 0.846. The second kappa shape index (κ2) is 5.88. The molecule has 19 heavy (non-hydrogen) atoms. The minimum Gasteiger partial charge on any atom is -0.480 e. The van der Waals surface area contributed by atoms with E-state index < -0.39 is 12.0 Å². The third kappa shape index (κ3) is 3.06. The van der Waals surface area contributed by atoms with Gasteiger partial charge in [-0.25, -0.2) is 0 Å². The normalized spacial score (nSPS) is 24.6. The van der Waals surface area contributed by atoms with E-state index in [0.717, 1.165) is 13.1 Å². The van der Waals surface area contributed by atoms with E-state index in [1.165, 1.54) is 0 Å². The summed E-state index contributed by atoms with van der Waals surface area (Å²) in [4.78, 5) is 27.0. The Morgan fingerprint density at radius 3 is 2.16 bits per heavy atom. The lowest BCUT2D eigenvalue weighted by Crippen LogP contribution is -2.56. The van der Waals surface area contributed by atoms with Crippen LogP contribution in [0.4, 0.5) is 0 Å². The van der Waals surface area contributed by atoms with E-state index >= 15 is 0 Å². The summed E-state index contributed by atoms with van der Waals surface area (Å²) in [6.45, 7) is 8.14. The summed E-state index contributed by atoms with van der Waals surface area (Å²) in [6, 6.07) is -0.467. The molecular formula is C13H23N3O3. The minimum absolute atomic E-state index is 0.0738. The van der Waals surface area contributed by atoms with E-state index in [4.69, 9.17) is 5.11 Å². The van der Waals surface area contributed by atoms with Crippen LogP contribution >= 0.6 is 0 Å². The predicted octanol–water partition coefficient (Wildman–Crippen LogP) is -0.541. The first-order valence-electron chi connectivity index (χ1n) is 6.97. The molecule has 0 spiro atoms. The number of rotatable bonds is 4. The van der Waals surface area contributed by atoms with Crippen LogP contribution in [-0.4, -0.2) is 72.1 Å². The van der Waals surface area contributed by atoms with Crippen LogP contribution in [0, 0.1) is 11.8 Å². The summed E-state index contributed by atoms with van der Waals surface area (Å²) >= 11 is 0. The van der Waals surface area contributed by atoms with E-state index in [-0.39, 0.29) is 11.8 Å². The average molecular weight is 269 g/mol. The van der Waals surface area contributed by atoms with Gasteiger partial charge in [-0.1, -0.05) is 6.92 Å². The summed E-state index contributed by atoms with van der Waals surface area (Å²) in [6.07, 6.45) is 0. The number of nitrogens with one attached hydrogen (secondary N) is 1. The molecular weight excluding hydrogens is 246 g/mol. The molecule has 2 heterocycles. The second-order valence-electron chi connectivity index (χ2n) is 5.58. The van der Waals surface area contributed by atoms with Crippen LogP contribution < -0.4 is 5.32 Å². The molecule has 0 radical (unpaired) electrons. The molecule has 0 aromatic rings. The van der Waals surface area contributed by atoms with Gasteiger partial charge in [-0.2, -0.15) is 0 Å².